The molecule has 1 aromatic rings. The van der Waals surface area contributed by atoms with Crippen molar-refractivity contribution in [3.8, 4) is 11.5 Å². The fourth-order valence-electron chi connectivity index (χ4n) is 2.65. The molecule has 4 heteroatoms. The van der Waals surface area contributed by atoms with Crippen LogP contribution in [0.4, 0.5) is 0 Å². The summed E-state index contributed by atoms with van der Waals surface area (Å²) in [6.45, 7) is 0.882. The van der Waals surface area contributed by atoms with Gasteiger partial charge in [0.05, 0.1) is 0 Å². The summed E-state index contributed by atoms with van der Waals surface area (Å²) in [7, 11) is 1.85. The van der Waals surface area contributed by atoms with Gasteiger partial charge in [0, 0.05) is 20.0 Å². The quantitative estimate of drug-likeness (QED) is 0.792. The van der Waals surface area contributed by atoms with Gasteiger partial charge < -0.3 is 14.4 Å². The lowest BCUT2D eigenvalue weighted by Crippen LogP contribution is -2.27. The molecule has 0 saturated carbocycles. The van der Waals surface area contributed by atoms with E-state index in [2.05, 4.69) is 12.2 Å². The van der Waals surface area contributed by atoms with Crippen molar-refractivity contribution in [1.82, 2.24) is 4.90 Å². The molecule has 1 amide bonds. The number of ether oxygens (including phenoxy) is 2. The monoisotopic (exact) mass is 273 g/mol. The number of benzene rings is 1. The van der Waals surface area contributed by atoms with E-state index in [0.717, 1.165) is 29.9 Å². The summed E-state index contributed by atoms with van der Waals surface area (Å²) in [5.41, 5.74) is 1.06. The van der Waals surface area contributed by atoms with Gasteiger partial charge in [-0.3, -0.25) is 4.79 Å². The topological polar surface area (TPSA) is 38.8 Å². The molecule has 1 aliphatic heterocycles. The maximum absolute atomic E-state index is 12.2. The lowest BCUT2D eigenvalue weighted by atomic mass is 10.0. The van der Waals surface area contributed by atoms with Crippen molar-refractivity contribution >= 4 is 5.91 Å². The zero-order valence-corrected chi connectivity index (χ0v) is 11.7. The normalized spacial score (nSPS) is 19.4. The maximum Gasteiger partial charge on any atom is 0.231 e. The van der Waals surface area contributed by atoms with Crippen LogP contribution in [0.15, 0.2) is 30.4 Å². The zero-order chi connectivity index (χ0) is 13.9. The van der Waals surface area contributed by atoms with Gasteiger partial charge in [0.25, 0.3) is 0 Å². The third-order valence-corrected chi connectivity index (χ3v) is 3.83. The average molecular weight is 273 g/mol. The van der Waals surface area contributed by atoms with Crippen LogP contribution in [0.25, 0.3) is 0 Å². The number of amides is 1. The van der Waals surface area contributed by atoms with Crippen LogP contribution in [0.1, 0.15) is 24.8 Å². The number of hydrogen-bond donors (Lipinski definition) is 0. The van der Waals surface area contributed by atoms with Crippen molar-refractivity contribution < 1.29 is 14.3 Å². The zero-order valence-electron chi connectivity index (χ0n) is 11.7. The van der Waals surface area contributed by atoms with Gasteiger partial charge in [0.2, 0.25) is 12.7 Å². The van der Waals surface area contributed by atoms with Crippen molar-refractivity contribution in [2.75, 3.05) is 13.8 Å². The van der Waals surface area contributed by atoms with E-state index in [-0.39, 0.29) is 12.7 Å². The van der Waals surface area contributed by atoms with Crippen molar-refractivity contribution in [1.29, 1.82) is 0 Å². The largest absolute Gasteiger partial charge is 0.454 e. The summed E-state index contributed by atoms with van der Waals surface area (Å²) < 4.78 is 10.6. The van der Waals surface area contributed by atoms with E-state index >= 15 is 0 Å². The molecule has 0 radical (unpaired) electrons. The summed E-state index contributed by atoms with van der Waals surface area (Å²) in [4.78, 5) is 14.0. The smallest absolute Gasteiger partial charge is 0.231 e. The van der Waals surface area contributed by atoms with E-state index < -0.39 is 0 Å². The van der Waals surface area contributed by atoms with Crippen LogP contribution in [-0.4, -0.2) is 24.6 Å². The van der Waals surface area contributed by atoms with Crippen molar-refractivity contribution in [2.45, 2.75) is 25.8 Å². The van der Waals surface area contributed by atoms with Gasteiger partial charge in [0.1, 0.15) is 0 Å². The fraction of sp³-hybridized carbons (Fsp3) is 0.438. The van der Waals surface area contributed by atoms with Crippen LogP contribution in [0.3, 0.4) is 0 Å². The second-order valence-electron chi connectivity index (χ2n) is 5.41. The molecule has 1 aliphatic carbocycles. The lowest BCUT2D eigenvalue weighted by molar-refractivity contribution is -0.131. The Bertz CT molecular complexity index is 539. The molecule has 1 heterocycles. The molecular weight excluding hydrogens is 254 g/mol. The van der Waals surface area contributed by atoms with Crippen LogP contribution in [0.2, 0.25) is 0 Å². The summed E-state index contributed by atoms with van der Waals surface area (Å²) >= 11 is 0. The molecule has 0 spiro atoms. The molecule has 106 valence electrons. The Kier molecular flexibility index (Phi) is 3.63. The van der Waals surface area contributed by atoms with Crippen molar-refractivity contribution in [3.05, 3.63) is 35.9 Å². The predicted molar refractivity (Wildman–Crippen MR) is 75.5 cm³/mol. The third-order valence-electron chi connectivity index (χ3n) is 3.83. The molecule has 4 nitrogen and oxygen atoms in total. The number of carbonyl (C=O) groups excluding carboxylic acids is 1. The Morgan fingerprint density at radius 2 is 2.20 bits per heavy atom. The van der Waals surface area contributed by atoms with E-state index in [1.165, 1.54) is 0 Å². The van der Waals surface area contributed by atoms with Crippen LogP contribution in [0, 0.1) is 5.92 Å². The van der Waals surface area contributed by atoms with Gasteiger partial charge in [-0.25, -0.2) is 0 Å². The van der Waals surface area contributed by atoms with Gasteiger partial charge in [-0.15, -0.1) is 0 Å². The number of hydrogen-bond acceptors (Lipinski definition) is 3. The number of fused-ring (bicyclic) bond motifs is 1. The maximum atomic E-state index is 12.2. The second kappa shape index (κ2) is 5.57. The fourth-order valence-corrected chi connectivity index (χ4v) is 2.65. The van der Waals surface area contributed by atoms with Gasteiger partial charge in [-0.2, -0.15) is 0 Å². The van der Waals surface area contributed by atoms with E-state index in [4.69, 9.17) is 9.47 Å². The highest BCUT2D eigenvalue weighted by Gasteiger charge is 2.18. The van der Waals surface area contributed by atoms with Crippen LogP contribution in [0.5, 0.6) is 11.5 Å². The third kappa shape index (κ3) is 2.79. The number of carbonyl (C=O) groups is 1. The highest BCUT2D eigenvalue weighted by atomic mass is 16.7. The summed E-state index contributed by atoms with van der Waals surface area (Å²) in [5.74, 6) is 2.15. The Hall–Kier alpha value is -1.97. The molecule has 1 aromatic carbocycles. The molecule has 20 heavy (non-hydrogen) atoms. The molecule has 1 unspecified atom stereocenters. The van der Waals surface area contributed by atoms with Crippen molar-refractivity contribution in [2.24, 2.45) is 5.92 Å². The number of rotatable bonds is 4. The first kappa shape index (κ1) is 13.0. The minimum absolute atomic E-state index is 0.194. The first-order valence-corrected chi connectivity index (χ1v) is 7.01. The van der Waals surface area contributed by atoms with Gasteiger partial charge in [-0.05, 0) is 36.5 Å². The van der Waals surface area contributed by atoms with Gasteiger partial charge in [0.15, 0.2) is 11.5 Å². The van der Waals surface area contributed by atoms with Gasteiger partial charge in [-0.1, -0.05) is 18.2 Å². The summed E-state index contributed by atoms with van der Waals surface area (Å²) in [6.07, 6.45) is 7.13. The molecule has 2 aliphatic rings. The van der Waals surface area contributed by atoms with Crippen molar-refractivity contribution in [3.63, 3.8) is 0 Å². The molecule has 0 N–H and O–H groups in total. The molecular formula is C16H19NO3. The minimum atomic E-state index is 0.194. The van der Waals surface area contributed by atoms with Gasteiger partial charge >= 0.3 is 0 Å². The highest BCUT2D eigenvalue weighted by Crippen LogP contribution is 2.32. The average Bonchev–Trinajstić information content (AvgIpc) is 3.08. The van der Waals surface area contributed by atoms with Crippen LogP contribution in [-0.2, 0) is 11.3 Å². The lowest BCUT2D eigenvalue weighted by Gasteiger charge is -2.19. The molecule has 0 aromatic heterocycles. The molecule has 3 rings (SSSR count). The van der Waals surface area contributed by atoms with E-state index in [1.807, 2.05) is 25.2 Å². The van der Waals surface area contributed by atoms with E-state index in [1.54, 1.807) is 4.90 Å². The van der Waals surface area contributed by atoms with Crippen LogP contribution >= 0.6 is 0 Å². The molecule has 0 saturated heterocycles. The number of allylic oxidation sites excluding steroid dienone is 2. The first-order valence-electron chi connectivity index (χ1n) is 7.01. The van der Waals surface area contributed by atoms with E-state index in [9.17, 15) is 4.79 Å². The standard InChI is InChI=1S/C16H19NO3/c1-17(16(18)9-12-4-2-3-5-12)10-13-6-7-14-15(8-13)20-11-19-14/h2,4,6-8,12H,3,5,9-11H2,1H3. The Morgan fingerprint density at radius 3 is 3.00 bits per heavy atom. The number of nitrogens with zero attached hydrogens (tertiary/aromatic N) is 1. The Balaban J connectivity index is 1.59. The highest BCUT2D eigenvalue weighted by molar-refractivity contribution is 5.76. The van der Waals surface area contributed by atoms with E-state index in [0.29, 0.717) is 18.9 Å². The summed E-state index contributed by atoms with van der Waals surface area (Å²) in [6, 6.07) is 5.82. The Morgan fingerprint density at radius 1 is 1.35 bits per heavy atom. The summed E-state index contributed by atoms with van der Waals surface area (Å²) in [5, 5.41) is 0. The molecule has 0 fully saturated rings. The first-order chi connectivity index (χ1) is 9.72. The predicted octanol–water partition coefficient (Wildman–Crippen LogP) is 2.73. The van der Waals surface area contributed by atoms with Crippen LogP contribution < -0.4 is 9.47 Å². The SMILES string of the molecule is CN(Cc1ccc2c(c1)OCO2)C(=O)CC1C=CCC1. The molecule has 1 atom stereocenters. The Labute approximate surface area is 119 Å². The minimum Gasteiger partial charge on any atom is -0.454 e. The second-order valence-corrected chi connectivity index (χ2v) is 5.41. The molecule has 0 bridgehead atoms.